The van der Waals surface area contributed by atoms with Crippen LogP contribution in [0.25, 0.3) is 5.57 Å². The summed E-state index contributed by atoms with van der Waals surface area (Å²) in [4.78, 5) is 40.6. The highest BCUT2D eigenvalue weighted by Crippen LogP contribution is 2.65. The number of hydrogen-bond acceptors (Lipinski definition) is 7. The Morgan fingerprint density at radius 3 is 2.37 bits per heavy atom. The number of fused-ring (bicyclic) bond motifs is 3. The van der Waals surface area contributed by atoms with Crippen molar-refractivity contribution in [1.82, 2.24) is 0 Å². The van der Waals surface area contributed by atoms with Crippen molar-refractivity contribution in [3.8, 4) is 5.75 Å². The van der Waals surface area contributed by atoms with Crippen molar-refractivity contribution in [2.75, 3.05) is 0 Å². The number of rotatable bonds is 6. The molecule has 0 bridgehead atoms. The van der Waals surface area contributed by atoms with Gasteiger partial charge in [-0.15, -0.1) is 0 Å². The van der Waals surface area contributed by atoms with Gasteiger partial charge in [0.05, 0.1) is 5.56 Å². The lowest BCUT2D eigenvalue weighted by molar-refractivity contribution is -0.171. The van der Waals surface area contributed by atoms with Gasteiger partial charge in [-0.05, 0) is 73.8 Å². The average molecular weight is 585 g/mol. The van der Waals surface area contributed by atoms with E-state index in [9.17, 15) is 34.8 Å². The molecular weight excluding hydrogens is 544 g/mol. The van der Waals surface area contributed by atoms with E-state index in [4.69, 9.17) is 0 Å². The molecule has 2 aromatic rings. The summed E-state index contributed by atoms with van der Waals surface area (Å²) in [5, 5.41) is 46.2. The van der Waals surface area contributed by atoms with Crippen molar-refractivity contribution in [3.63, 3.8) is 0 Å². The second-order valence-electron chi connectivity index (χ2n) is 13.5. The van der Waals surface area contributed by atoms with Gasteiger partial charge in [-0.25, -0.2) is 0 Å². The van der Waals surface area contributed by atoms with Gasteiger partial charge in [0.15, 0.2) is 17.2 Å². The number of phenolic OH excluding ortho intramolecular Hbond substituents is 1. The largest absolute Gasteiger partial charge is 0.511 e. The van der Waals surface area contributed by atoms with Crippen molar-refractivity contribution in [3.05, 3.63) is 93.5 Å². The highest BCUT2D eigenvalue weighted by molar-refractivity contribution is 6.25. The number of aliphatic hydroxyl groups is 3. The standard InChI is InChI=1S/C36H40O7/c1-18(2)28-30(39)26(21(5)37)32(41)36(43)33(42)29-31(40)27-24(16-34(29,6)17-35(28,36)7)22(13-14-25(27)38)12-11-20(4)23-10-8-9-19(3)15-23/h8-10,13-15,18,28,38-39,42-43H,4,11-12,16-17H2,1-3,5-7H3/t28?,34-,35-,36+/m1/s1. The summed E-state index contributed by atoms with van der Waals surface area (Å²) in [6.07, 6.45) is 1.50. The maximum Gasteiger partial charge on any atom is 0.209 e. The first-order valence-corrected chi connectivity index (χ1v) is 14.8. The number of aromatic hydroxyl groups is 1. The van der Waals surface area contributed by atoms with Crippen LogP contribution >= 0.6 is 0 Å². The Morgan fingerprint density at radius 2 is 1.77 bits per heavy atom. The predicted molar refractivity (Wildman–Crippen MR) is 164 cm³/mol. The van der Waals surface area contributed by atoms with Crippen LogP contribution in [0.3, 0.4) is 0 Å². The highest BCUT2D eigenvalue weighted by Gasteiger charge is 2.71. The molecule has 0 saturated carbocycles. The number of Topliss-reactive ketones (excluding diaryl/α,β-unsaturated/α-hetero) is 3. The van der Waals surface area contributed by atoms with E-state index in [1.807, 2.05) is 45.9 Å². The molecule has 5 rings (SSSR count). The smallest absolute Gasteiger partial charge is 0.209 e. The zero-order chi connectivity index (χ0) is 31.8. The fourth-order valence-electron chi connectivity index (χ4n) is 8.32. The minimum Gasteiger partial charge on any atom is -0.511 e. The molecule has 0 aliphatic heterocycles. The first kappa shape index (κ1) is 30.5. The Kier molecular flexibility index (Phi) is 7.13. The van der Waals surface area contributed by atoms with Gasteiger partial charge in [-0.3, -0.25) is 14.4 Å². The normalized spacial score (nSPS) is 28.5. The monoisotopic (exact) mass is 584 g/mol. The molecule has 7 nitrogen and oxygen atoms in total. The molecule has 4 atom stereocenters. The lowest BCUT2D eigenvalue weighted by Gasteiger charge is -2.59. The van der Waals surface area contributed by atoms with Crippen LogP contribution < -0.4 is 0 Å². The van der Waals surface area contributed by atoms with E-state index in [-0.39, 0.29) is 35.6 Å². The number of aliphatic hydroxyl groups excluding tert-OH is 2. The Labute approximate surface area is 252 Å². The average Bonchev–Trinajstić information content (AvgIpc) is 2.89. The van der Waals surface area contributed by atoms with Crippen LogP contribution in [0.15, 0.2) is 65.6 Å². The fraction of sp³-hybridized carbons (Fsp3) is 0.417. The van der Waals surface area contributed by atoms with Gasteiger partial charge in [-0.2, -0.15) is 0 Å². The van der Waals surface area contributed by atoms with Crippen LogP contribution in [0.4, 0.5) is 0 Å². The van der Waals surface area contributed by atoms with Crippen molar-refractivity contribution < 1.29 is 34.8 Å². The van der Waals surface area contributed by atoms with Crippen LogP contribution in [0, 0.1) is 29.6 Å². The van der Waals surface area contributed by atoms with Crippen molar-refractivity contribution in [1.29, 1.82) is 0 Å². The van der Waals surface area contributed by atoms with E-state index in [2.05, 4.69) is 12.6 Å². The molecule has 0 spiro atoms. The summed E-state index contributed by atoms with van der Waals surface area (Å²) in [5.74, 6) is -5.14. The summed E-state index contributed by atoms with van der Waals surface area (Å²) in [7, 11) is 0. The Balaban J connectivity index is 1.65. The van der Waals surface area contributed by atoms with Gasteiger partial charge in [-0.1, -0.05) is 70.2 Å². The number of carbonyl (C=O) groups is 3. The summed E-state index contributed by atoms with van der Waals surface area (Å²) < 4.78 is 0. The first-order chi connectivity index (χ1) is 20.0. The molecule has 0 aromatic heterocycles. The van der Waals surface area contributed by atoms with E-state index in [1.165, 1.54) is 6.07 Å². The van der Waals surface area contributed by atoms with E-state index in [0.717, 1.165) is 29.2 Å². The molecule has 2 aromatic carbocycles. The fourth-order valence-corrected chi connectivity index (χ4v) is 8.32. The van der Waals surface area contributed by atoms with E-state index in [0.29, 0.717) is 18.4 Å². The Morgan fingerprint density at radius 1 is 1.09 bits per heavy atom. The molecule has 0 fully saturated rings. The molecule has 0 heterocycles. The quantitative estimate of drug-likeness (QED) is 0.293. The lowest BCUT2D eigenvalue weighted by atomic mass is 9.44. The minimum atomic E-state index is -2.62. The maximum atomic E-state index is 14.2. The van der Waals surface area contributed by atoms with Crippen molar-refractivity contribution in [2.45, 2.75) is 72.8 Å². The first-order valence-electron chi connectivity index (χ1n) is 14.8. The molecule has 3 aliphatic rings. The number of hydrogen-bond donors (Lipinski definition) is 4. The van der Waals surface area contributed by atoms with E-state index >= 15 is 0 Å². The Bertz CT molecular complexity index is 1670. The molecule has 1 unspecified atom stereocenters. The number of aryl methyl sites for hydroxylation is 2. The third-order valence-corrected chi connectivity index (χ3v) is 10.1. The zero-order valence-electron chi connectivity index (χ0n) is 25.7. The second kappa shape index (κ2) is 10.1. The molecule has 0 saturated heterocycles. The number of carbonyl (C=O) groups excluding carboxylic acids is 3. The number of phenols is 1. The summed E-state index contributed by atoms with van der Waals surface area (Å²) in [6, 6.07) is 11.3. The summed E-state index contributed by atoms with van der Waals surface area (Å²) >= 11 is 0. The van der Waals surface area contributed by atoms with Crippen molar-refractivity contribution in [2.24, 2.45) is 22.7 Å². The summed E-state index contributed by atoms with van der Waals surface area (Å²) in [5.41, 5.74) is -1.15. The van der Waals surface area contributed by atoms with Crippen LogP contribution in [-0.2, 0) is 22.4 Å². The van der Waals surface area contributed by atoms with Crippen molar-refractivity contribution >= 4 is 22.9 Å². The van der Waals surface area contributed by atoms with Gasteiger partial charge < -0.3 is 20.4 Å². The number of benzene rings is 2. The lowest BCUT2D eigenvalue weighted by Crippen LogP contribution is -2.67. The highest BCUT2D eigenvalue weighted by atomic mass is 16.3. The maximum absolute atomic E-state index is 14.2. The van der Waals surface area contributed by atoms with Gasteiger partial charge in [0.1, 0.15) is 22.8 Å². The molecule has 0 radical (unpaired) electrons. The third kappa shape index (κ3) is 4.23. The molecule has 226 valence electrons. The van der Waals surface area contributed by atoms with Gasteiger partial charge in [0.25, 0.3) is 0 Å². The molecule has 3 aliphatic carbocycles. The summed E-state index contributed by atoms with van der Waals surface area (Å²) in [6.45, 7) is 14.5. The second-order valence-corrected chi connectivity index (χ2v) is 13.5. The molecule has 4 N–H and O–H groups in total. The van der Waals surface area contributed by atoms with Crippen LogP contribution in [0.1, 0.15) is 80.1 Å². The van der Waals surface area contributed by atoms with E-state index in [1.54, 1.807) is 13.0 Å². The minimum absolute atomic E-state index is 0.0405. The molecule has 43 heavy (non-hydrogen) atoms. The van der Waals surface area contributed by atoms with Crippen LogP contribution in [0.5, 0.6) is 5.75 Å². The SMILES string of the molecule is C=C(CCc1ccc(O)c2c1C[C@]1(C)C[C@]3(C)C(C(C)C)C(O)=C(C(C)=O)C(=O)[C@]3(O)C(O)=C1C2=O)c1cccc(C)c1. The third-order valence-electron chi connectivity index (χ3n) is 10.1. The van der Waals surface area contributed by atoms with Gasteiger partial charge in [0.2, 0.25) is 5.78 Å². The predicted octanol–water partition coefficient (Wildman–Crippen LogP) is 6.30. The number of allylic oxidation sites excluding steroid dienone is 3. The Hall–Kier alpha value is -3.97. The zero-order valence-corrected chi connectivity index (χ0v) is 25.7. The topological polar surface area (TPSA) is 132 Å². The molecule has 0 amide bonds. The van der Waals surface area contributed by atoms with E-state index < -0.39 is 56.8 Å². The van der Waals surface area contributed by atoms with Crippen LogP contribution in [-0.4, -0.2) is 43.4 Å². The van der Waals surface area contributed by atoms with Gasteiger partial charge >= 0.3 is 0 Å². The molecular formula is C36H40O7. The molecule has 7 heteroatoms. The van der Waals surface area contributed by atoms with Gasteiger partial charge in [0, 0.05) is 22.3 Å². The number of ketones is 3. The van der Waals surface area contributed by atoms with Crippen LogP contribution in [0.2, 0.25) is 0 Å².